The van der Waals surface area contributed by atoms with Gasteiger partial charge in [0, 0.05) is 43.1 Å². The smallest absolute Gasteiger partial charge is 0.334 e. The van der Waals surface area contributed by atoms with E-state index in [-0.39, 0.29) is 28.7 Å². The van der Waals surface area contributed by atoms with Crippen LogP contribution >= 0.6 is 0 Å². The van der Waals surface area contributed by atoms with Crippen molar-refractivity contribution in [2.75, 3.05) is 27.2 Å². The van der Waals surface area contributed by atoms with Gasteiger partial charge in [-0.25, -0.2) is 4.79 Å². The van der Waals surface area contributed by atoms with Crippen LogP contribution in [0.15, 0.2) is 28.4 Å². The SMILES string of the molecule is CN=C(N)N1C=CC(CNC)C2(C1)C1CCC3CCCC4C(O)(C=O)C(C(=O)O)=C(C1)C342. The first-order chi connectivity index (χ1) is 15.3. The molecule has 0 aromatic rings. The fraction of sp³-hybridized carbons (Fsp3) is 0.708. The van der Waals surface area contributed by atoms with Crippen molar-refractivity contribution in [2.45, 2.75) is 44.1 Å². The predicted molar refractivity (Wildman–Crippen MR) is 120 cm³/mol. The molecule has 0 amide bonds. The summed E-state index contributed by atoms with van der Waals surface area (Å²) in [5, 5.41) is 25.3. The standard InChI is InChI=1S/C24H34N4O4/c1-26-11-16-8-9-28(21(25)27-2)12-22(16)15-7-6-14-4-3-5-18-23(32,13-29)19(20(30)31)17(10-15)24(14,18)22/h8-9,13-16,18,26,32H,3-7,10-12H2,1-2H3,(H2,25,27)(H,30,31). The van der Waals surface area contributed by atoms with Gasteiger partial charge in [0.25, 0.3) is 0 Å². The van der Waals surface area contributed by atoms with Crippen LogP contribution < -0.4 is 11.1 Å². The zero-order valence-corrected chi connectivity index (χ0v) is 18.9. The number of guanidine groups is 1. The summed E-state index contributed by atoms with van der Waals surface area (Å²) in [6, 6.07) is 0. The number of carboxylic acid groups (broad SMARTS) is 1. The number of aliphatic hydroxyl groups is 1. The number of carbonyl (C=O) groups excluding carboxylic acids is 1. The molecule has 5 rings (SSSR count). The number of aldehydes is 1. The number of hydrogen-bond donors (Lipinski definition) is 4. The molecule has 8 heteroatoms. The van der Waals surface area contributed by atoms with E-state index in [1.54, 1.807) is 7.05 Å². The number of hydrogen-bond acceptors (Lipinski definition) is 5. The minimum absolute atomic E-state index is 0.0328. The minimum atomic E-state index is -1.93. The van der Waals surface area contributed by atoms with Gasteiger partial charge in [-0.2, -0.15) is 0 Å². The molecule has 1 heterocycles. The van der Waals surface area contributed by atoms with Gasteiger partial charge in [0.05, 0.1) is 5.57 Å². The molecule has 0 saturated heterocycles. The molecule has 8 nitrogen and oxygen atoms in total. The van der Waals surface area contributed by atoms with Crippen LogP contribution in [0, 0.1) is 34.5 Å². The Morgan fingerprint density at radius 3 is 2.75 bits per heavy atom. The molecule has 0 aromatic carbocycles. The number of aliphatic imine (C=N–C) groups is 1. The summed E-state index contributed by atoms with van der Waals surface area (Å²) in [5.41, 5.74) is 4.31. The van der Waals surface area contributed by atoms with Crippen molar-refractivity contribution in [3.05, 3.63) is 23.4 Å². The monoisotopic (exact) mass is 442 g/mol. The average molecular weight is 443 g/mol. The van der Waals surface area contributed by atoms with Gasteiger partial charge in [-0.05, 0) is 62.5 Å². The third kappa shape index (κ3) is 2.27. The molecule has 5 aliphatic rings. The molecule has 2 spiro atoms. The zero-order valence-electron chi connectivity index (χ0n) is 18.9. The Morgan fingerprint density at radius 1 is 1.34 bits per heavy atom. The zero-order chi connectivity index (χ0) is 22.9. The molecule has 5 N–H and O–H groups in total. The molecule has 32 heavy (non-hydrogen) atoms. The van der Waals surface area contributed by atoms with Crippen LogP contribution in [-0.2, 0) is 9.59 Å². The van der Waals surface area contributed by atoms with Crippen LogP contribution in [0.25, 0.3) is 0 Å². The largest absolute Gasteiger partial charge is 0.478 e. The first kappa shape index (κ1) is 21.6. The second kappa shape index (κ2) is 7.15. The van der Waals surface area contributed by atoms with Gasteiger partial charge in [0.15, 0.2) is 17.8 Å². The second-order valence-corrected chi connectivity index (χ2v) is 10.4. The summed E-state index contributed by atoms with van der Waals surface area (Å²) in [5.74, 6) is -0.458. The lowest BCUT2D eigenvalue weighted by atomic mass is 9.40. The van der Waals surface area contributed by atoms with E-state index in [1.807, 2.05) is 18.1 Å². The van der Waals surface area contributed by atoms with E-state index in [4.69, 9.17) is 5.73 Å². The van der Waals surface area contributed by atoms with Gasteiger partial charge in [-0.1, -0.05) is 12.5 Å². The first-order valence-electron chi connectivity index (χ1n) is 11.8. The highest BCUT2D eigenvalue weighted by Crippen LogP contribution is 2.80. The molecule has 0 radical (unpaired) electrons. The van der Waals surface area contributed by atoms with Crippen LogP contribution in [0.4, 0.5) is 0 Å². The second-order valence-electron chi connectivity index (χ2n) is 10.4. The van der Waals surface area contributed by atoms with E-state index in [0.29, 0.717) is 31.6 Å². The van der Waals surface area contributed by atoms with E-state index < -0.39 is 22.9 Å². The first-order valence-corrected chi connectivity index (χ1v) is 11.8. The van der Waals surface area contributed by atoms with Crippen molar-refractivity contribution in [3.63, 3.8) is 0 Å². The van der Waals surface area contributed by atoms with Crippen molar-refractivity contribution in [1.29, 1.82) is 0 Å². The molecule has 4 aliphatic carbocycles. The van der Waals surface area contributed by atoms with Crippen molar-refractivity contribution >= 4 is 18.2 Å². The molecule has 174 valence electrons. The summed E-state index contributed by atoms with van der Waals surface area (Å²) in [4.78, 5) is 31.2. The van der Waals surface area contributed by atoms with Gasteiger partial charge >= 0.3 is 5.97 Å². The average Bonchev–Trinajstić information content (AvgIpc) is 3.07. The Hall–Kier alpha value is -2.19. The normalized spacial score (nSPS) is 44.8. The van der Waals surface area contributed by atoms with Gasteiger partial charge in [0.2, 0.25) is 0 Å². The number of nitrogens with one attached hydrogen (secondary N) is 1. The number of carbonyl (C=O) groups is 2. The summed E-state index contributed by atoms with van der Waals surface area (Å²) in [6.45, 7) is 1.38. The van der Waals surface area contributed by atoms with Crippen molar-refractivity contribution in [2.24, 2.45) is 45.2 Å². The Balaban J connectivity index is 1.82. The Bertz CT molecular complexity index is 944. The van der Waals surface area contributed by atoms with Gasteiger partial charge in [0.1, 0.15) is 0 Å². The maximum Gasteiger partial charge on any atom is 0.334 e. The summed E-state index contributed by atoms with van der Waals surface area (Å²) >= 11 is 0. The molecule has 1 aliphatic heterocycles. The molecule has 7 atom stereocenters. The summed E-state index contributed by atoms with van der Waals surface area (Å²) in [7, 11) is 3.61. The number of carboxylic acids is 1. The topological polar surface area (TPSA) is 128 Å². The van der Waals surface area contributed by atoms with Crippen LogP contribution in [0.1, 0.15) is 38.5 Å². The van der Waals surface area contributed by atoms with E-state index in [2.05, 4.69) is 16.4 Å². The van der Waals surface area contributed by atoms with Gasteiger partial charge in [-0.3, -0.25) is 9.79 Å². The summed E-state index contributed by atoms with van der Waals surface area (Å²) < 4.78 is 0. The van der Waals surface area contributed by atoms with Crippen molar-refractivity contribution in [1.82, 2.24) is 10.2 Å². The van der Waals surface area contributed by atoms with Gasteiger partial charge in [-0.15, -0.1) is 0 Å². The molecule has 2 bridgehead atoms. The van der Waals surface area contributed by atoms with Crippen LogP contribution in [0.2, 0.25) is 0 Å². The minimum Gasteiger partial charge on any atom is -0.478 e. The highest BCUT2D eigenvalue weighted by atomic mass is 16.4. The third-order valence-electron chi connectivity index (χ3n) is 9.72. The molecular weight excluding hydrogens is 408 g/mol. The van der Waals surface area contributed by atoms with Gasteiger partial charge < -0.3 is 26.2 Å². The van der Waals surface area contributed by atoms with E-state index in [1.165, 1.54) is 0 Å². The van der Waals surface area contributed by atoms with Crippen molar-refractivity contribution < 1.29 is 19.8 Å². The number of nitrogens with two attached hydrogens (primary N) is 1. The highest BCUT2D eigenvalue weighted by Gasteiger charge is 2.79. The van der Waals surface area contributed by atoms with Crippen LogP contribution in [-0.4, -0.2) is 66.1 Å². The van der Waals surface area contributed by atoms with E-state index >= 15 is 0 Å². The number of nitrogens with zero attached hydrogens (tertiary/aromatic N) is 2. The maximum absolute atomic E-state index is 12.5. The third-order valence-corrected chi connectivity index (χ3v) is 9.72. The van der Waals surface area contributed by atoms with E-state index in [0.717, 1.165) is 37.8 Å². The Morgan fingerprint density at radius 2 is 2.09 bits per heavy atom. The predicted octanol–water partition coefficient (Wildman–Crippen LogP) is 1.12. The van der Waals surface area contributed by atoms with E-state index in [9.17, 15) is 19.8 Å². The lowest BCUT2D eigenvalue weighted by Gasteiger charge is -2.65. The molecular formula is C24H34N4O4. The van der Waals surface area contributed by atoms with Crippen molar-refractivity contribution in [3.8, 4) is 0 Å². The summed E-state index contributed by atoms with van der Waals surface area (Å²) in [6.07, 6.45) is 9.96. The lowest BCUT2D eigenvalue weighted by Crippen LogP contribution is -2.66. The fourth-order valence-corrected chi connectivity index (χ4v) is 9.01. The van der Waals surface area contributed by atoms with Crippen LogP contribution in [0.3, 0.4) is 0 Å². The lowest BCUT2D eigenvalue weighted by molar-refractivity contribution is -0.173. The number of rotatable bonds is 4. The maximum atomic E-state index is 12.5. The highest BCUT2D eigenvalue weighted by molar-refractivity contribution is 5.98. The molecule has 3 fully saturated rings. The Labute approximate surface area is 188 Å². The van der Waals surface area contributed by atoms with Crippen LogP contribution in [0.5, 0.6) is 0 Å². The quantitative estimate of drug-likeness (QED) is 0.292. The number of allylic oxidation sites excluding steroid dienone is 1. The fourth-order valence-electron chi connectivity index (χ4n) is 9.01. The Kier molecular flexibility index (Phi) is 4.84. The number of aliphatic carboxylic acids is 1. The molecule has 0 aromatic heterocycles. The molecule has 3 saturated carbocycles. The molecule has 7 unspecified atom stereocenters.